The zero-order valence-corrected chi connectivity index (χ0v) is 22.0. The van der Waals surface area contributed by atoms with E-state index in [1.54, 1.807) is 12.1 Å². The van der Waals surface area contributed by atoms with Crippen molar-refractivity contribution in [1.29, 1.82) is 0 Å². The van der Waals surface area contributed by atoms with Crippen molar-refractivity contribution in [3.63, 3.8) is 0 Å². The first-order valence-electron chi connectivity index (χ1n) is 13.6. The molecule has 39 heavy (non-hydrogen) atoms. The van der Waals surface area contributed by atoms with Gasteiger partial charge in [0.05, 0.1) is 36.2 Å². The van der Waals surface area contributed by atoms with Gasteiger partial charge in [-0.25, -0.2) is 9.18 Å². The first-order chi connectivity index (χ1) is 19.0. The molecule has 0 radical (unpaired) electrons. The van der Waals surface area contributed by atoms with Gasteiger partial charge in [-0.3, -0.25) is 0 Å². The Hall–Kier alpha value is -4.04. The molecule has 1 saturated carbocycles. The second-order valence-electron chi connectivity index (χ2n) is 10.4. The summed E-state index contributed by atoms with van der Waals surface area (Å²) in [6.45, 7) is 3.33. The number of nitrogens with one attached hydrogen (secondary N) is 2. The number of hydrogen-bond acceptors (Lipinski definition) is 4. The number of fused-ring (bicyclic) bond motifs is 1. The van der Waals surface area contributed by atoms with Crippen LogP contribution in [0, 0.1) is 5.82 Å². The van der Waals surface area contributed by atoms with E-state index in [4.69, 9.17) is 15.2 Å². The van der Waals surface area contributed by atoms with Gasteiger partial charge in [0.15, 0.2) is 0 Å². The number of nitrogens with zero attached hydrogens (tertiary/aromatic N) is 1. The first-order valence-corrected chi connectivity index (χ1v) is 13.6. The van der Waals surface area contributed by atoms with Crippen molar-refractivity contribution < 1.29 is 18.7 Å². The number of anilines is 2. The number of hydrogen-bond donors (Lipinski definition) is 3. The molecule has 1 saturated heterocycles. The van der Waals surface area contributed by atoms with Crippen LogP contribution in [0.5, 0.6) is 5.75 Å². The highest BCUT2D eigenvalue weighted by molar-refractivity contribution is 6.02. The standard InChI is InChI=1S/C31H33FN4O3/c1-19(20-2-6-22(32)7-3-20)34-31(37)35-23-8-4-21(5-9-23)30-29(33)27-13-12-26(39-25-14-16-38-17-15-25)18-28(27)36(30)24-10-11-24/h2-9,12-13,18-19,24-25H,10-11,14-17,33H2,1H3,(H2,34,35,37). The number of aromatic nitrogens is 1. The van der Waals surface area contributed by atoms with Crippen LogP contribution in [0.2, 0.25) is 0 Å². The number of amides is 2. The Labute approximate surface area is 227 Å². The minimum Gasteiger partial charge on any atom is -0.490 e. The lowest BCUT2D eigenvalue weighted by molar-refractivity contribution is 0.0256. The quantitative estimate of drug-likeness (QED) is 0.246. The Bertz CT molecular complexity index is 1470. The van der Waals surface area contributed by atoms with Crippen molar-refractivity contribution >= 4 is 28.3 Å². The van der Waals surface area contributed by atoms with Crippen molar-refractivity contribution in [3.05, 3.63) is 78.1 Å². The fourth-order valence-corrected chi connectivity index (χ4v) is 5.29. The molecule has 8 heteroatoms. The van der Waals surface area contributed by atoms with E-state index in [1.807, 2.05) is 37.3 Å². The highest BCUT2D eigenvalue weighted by atomic mass is 19.1. The molecule has 4 N–H and O–H groups in total. The highest BCUT2D eigenvalue weighted by Crippen LogP contribution is 2.47. The van der Waals surface area contributed by atoms with Crippen LogP contribution in [0.4, 0.5) is 20.6 Å². The van der Waals surface area contributed by atoms with Crippen LogP contribution in [0.15, 0.2) is 66.7 Å². The molecule has 2 fully saturated rings. The molecular formula is C31H33FN4O3. The zero-order valence-electron chi connectivity index (χ0n) is 22.0. The lowest BCUT2D eigenvalue weighted by Crippen LogP contribution is -2.31. The van der Waals surface area contributed by atoms with E-state index >= 15 is 0 Å². The number of carbonyl (C=O) groups excluding carboxylic acids is 1. The molecule has 2 heterocycles. The summed E-state index contributed by atoms with van der Waals surface area (Å²) >= 11 is 0. The molecule has 0 spiro atoms. The summed E-state index contributed by atoms with van der Waals surface area (Å²) in [6.07, 6.45) is 4.21. The van der Waals surface area contributed by atoms with E-state index < -0.39 is 0 Å². The maximum atomic E-state index is 13.2. The number of carbonyl (C=O) groups is 1. The van der Waals surface area contributed by atoms with Crippen LogP contribution < -0.4 is 21.1 Å². The lowest BCUT2D eigenvalue weighted by atomic mass is 10.1. The third-order valence-electron chi connectivity index (χ3n) is 7.53. The normalized spacial score (nSPS) is 16.7. The Morgan fingerprint density at radius 2 is 1.74 bits per heavy atom. The molecular weight excluding hydrogens is 495 g/mol. The number of nitrogen functional groups attached to an aromatic ring is 1. The van der Waals surface area contributed by atoms with Gasteiger partial charge in [-0.1, -0.05) is 24.3 Å². The van der Waals surface area contributed by atoms with Crippen LogP contribution in [-0.4, -0.2) is 29.9 Å². The van der Waals surface area contributed by atoms with Crippen molar-refractivity contribution in [2.45, 2.75) is 50.8 Å². The first kappa shape index (κ1) is 25.2. The molecule has 1 unspecified atom stereocenters. The Balaban J connectivity index is 1.21. The van der Waals surface area contributed by atoms with Gasteiger partial charge in [0.2, 0.25) is 0 Å². The van der Waals surface area contributed by atoms with Gasteiger partial charge < -0.3 is 30.4 Å². The molecule has 4 aromatic rings. The average molecular weight is 529 g/mol. The summed E-state index contributed by atoms with van der Waals surface area (Å²) in [6, 6.07) is 19.8. The maximum Gasteiger partial charge on any atom is 0.319 e. The monoisotopic (exact) mass is 528 g/mol. The Morgan fingerprint density at radius 1 is 1.03 bits per heavy atom. The van der Waals surface area contributed by atoms with Crippen molar-refractivity contribution in [1.82, 2.24) is 9.88 Å². The number of nitrogens with two attached hydrogens (primary N) is 1. The SMILES string of the molecule is CC(NC(=O)Nc1ccc(-c2c(N)c3ccc(OC4CCOCC4)cc3n2C2CC2)cc1)c1ccc(F)cc1. The van der Waals surface area contributed by atoms with Gasteiger partial charge in [-0.05, 0) is 61.7 Å². The predicted molar refractivity (Wildman–Crippen MR) is 151 cm³/mol. The fraction of sp³-hybridized carbons (Fsp3) is 0.323. The van der Waals surface area contributed by atoms with Crippen molar-refractivity contribution in [2.24, 2.45) is 0 Å². The van der Waals surface area contributed by atoms with Crippen LogP contribution in [0.1, 0.15) is 50.3 Å². The zero-order chi connectivity index (χ0) is 26.9. The van der Waals surface area contributed by atoms with E-state index in [9.17, 15) is 9.18 Å². The minimum absolute atomic E-state index is 0.174. The maximum absolute atomic E-state index is 13.2. The van der Waals surface area contributed by atoms with E-state index in [-0.39, 0.29) is 24.0 Å². The van der Waals surface area contributed by atoms with Gasteiger partial charge in [0.25, 0.3) is 0 Å². The van der Waals surface area contributed by atoms with Crippen molar-refractivity contribution in [3.8, 4) is 17.0 Å². The third-order valence-corrected chi connectivity index (χ3v) is 7.53. The van der Waals surface area contributed by atoms with Crippen molar-refractivity contribution in [2.75, 3.05) is 24.3 Å². The van der Waals surface area contributed by atoms with Gasteiger partial charge in [-0.2, -0.15) is 0 Å². The topological polar surface area (TPSA) is 90.5 Å². The lowest BCUT2D eigenvalue weighted by Gasteiger charge is -2.23. The molecule has 6 rings (SSSR count). The molecule has 0 bridgehead atoms. The predicted octanol–water partition coefficient (Wildman–Crippen LogP) is 6.81. The summed E-state index contributed by atoms with van der Waals surface area (Å²) in [5, 5.41) is 6.79. The summed E-state index contributed by atoms with van der Waals surface area (Å²) in [7, 11) is 0. The molecule has 1 aromatic heterocycles. The second-order valence-corrected chi connectivity index (χ2v) is 10.4. The van der Waals surface area contributed by atoms with Gasteiger partial charge in [0.1, 0.15) is 17.7 Å². The van der Waals surface area contributed by atoms with E-state index in [0.29, 0.717) is 11.7 Å². The van der Waals surface area contributed by atoms with E-state index in [1.165, 1.54) is 12.1 Å². The van der Waals surface area contributed by atoms with E-state index in [2.05, 4.69) is 27.3 Å². The number of ether oxygens (including phenoxy) is 2. The second kappa shape index (κ2) is 10.6. The summed E-state index contributed by atoms with van der Waals surface area (Å²) in [5.74, 6) is 0.557. The summed E-state index contributed by atoms with van der Waals surface area (Å²) in [4.78, 5) is 12.6. The number of benzene rings is 3. The average Bonchev–Trinajstić information content (AvgIpc) is 3.74. The highest BCUT2D eigenvalue weighted by Gasteiger charge is 2.30. The minimum atomic E-state index is -0.330. The third kappa shape index (κ3) is 5.43. The summed E-state index contributed by atoms with van der Waals surface area (Å²) in [5.41, 5.74) is 12.1. The molecule has 1 aliphatic heterocycles. The number of urea groups is 1. The largest absolute Gasteiger partial charge is 0.490 e. The van der Waals surface area contributed by atoms with E-state index in [0.717, 1.165) is 78.1 Å². The van der Waals surface area contributed by atoms with Crippen LogP contribution in [-0.2, 0) is 4.74 Å². The summed E-state index contributed by atoms with van der Waals surface area (Å²) < 4.78 is 27.3. The van der Waals surface area contributed by atoms with Gasteiger partial charge >= 0.3 is 6.03 Å². The Morgan fingerprint density at radius 3 is 2.44 bits per heavy atom. The smallest absolute Gasteiger partial charge is 0.319 e. The van der Waals surface area contributed by atoms with Gasteiger partial charge in [-0.15, -0.1) is 0 Å². The van der Waals surface area contributed by atoms with Gasteiger partial charge in [0, 0.05) is 41.6 Å². The number of rotatable bonds is 7. The molecule has 2 amide bonds. The molecule has 3 aromatic carbocycles. The van der Waals surface area contributed by atoms with Crippen LogP contribution >= 0.6 is 0 Å². The fourth-order valence-electron chi connectivity index (χ4n) is 5.29. The molecule has 2 aliphatic rings. The molecule has 7 nitrogen and oxygen atoms in total. The Kier molecular flexibility index (Phi) is 6.87. The molecule has 202 valence electrons. The molecule has 1 aliphatic carbocycles. The van der Waals surface area contributed by atoms with Crippen LogP contribution in [0.25, 0.3) is 22.2 Å². The van der Waals surface area contributed by atoms with Crippen LogP contribution in [0.3, 0.4) is 0 Å². The number of halogens is 1. The molecule has 1 atom stereocenters.